The lowest BCUT2D eigenvalue weighted by molar-refractivity contribution is 0.488. The molecule has 9 aromatic carbocycles. The number of benzene rings is 9. The molecule has 9 aromatic rings. The summed E-state index contributed by atoms with van der Waals surface area (Å²) in [5.74, 6) is 1.68. The van der Waals surface area contributed by atoms with E-state index in [0.29, 0.717) is 0 Å². The first-order valence-electron chi connectivity index (χ1n) is 19.8. The van der Waals surface area contributed by atoms with Crippen LogP contribution in [-0.2, 0) is 5.41 Å². The predicted molar refractivity (Wildman–Crippen MR) is 238 cm³/mol. The van der Waals surface area contributed by atoms with Crippen molar-refractivity contribution in [1.82, 2.24) is 0 Å². The second-order valence-corrected chi connectivity index (χ2v) is 15.7. The zero-order valence-electron chi connectivity index (χ0n) is 31.9. The van der Waals surface area contributed by atoms with Crippen LogP contribution < -0.4 is 9.64 Å². The van der Waals surface area contributed by atoms with Crippen LogP contribution >= 0.6 is 0 Å². The van der Waals surface area contributed by atoms with Crippen LogP contribution in [0.15, 0.2) is 200 Å². The zero-order chi connectivity index (χ0) is 38.1. The third-order valence-electron chi connectivity index (χ3n) is 12.1. The van der Waals surface area contributed by atoms with Gasteiger partial charge in [-0.1, -0.05) is 166 Å². The minimum absolute atomic E-state index is 0.145. The quantitative estimate of drug-likeness (QED) is 0.175. The molecule has 0 saturated carbocycles. The van der Waals surface area contributed by atoms with Gasteiger partial charge in [0.05, 0.1) is 5.69 Å². The molecular weight excluding hydrogens is 691 g/mol. The average Bonchev–Trinajstić information content (AvgIpc) is 3.39. The molecular formula is C55H39NO. The van der Waals surface area contributed by atoms with E-state index in [-0.39, 0.29) is 5.41 Å². The first kappa shape index (κ1) is 33.2. The highest BCUT2D eigenvalue weighted by Crippen LogP contribution is 2.55. The largest absolute Gasteiger partial charge is 0.456 e. The van der Waals surface area contributed by atoms with Gasteiger partial charge in [-0.05, 0) is 115 Å². The van der Waals surface area contributed by atoms with Crippen molar-refractivity contribution in [2.45, 2.75) is 19.3 Å². The Morgan fingerprint density at radius 2 is 1.00 bits per heavy atom. The van der Waals surface area contributed by atoms with Gasteiger partial charge in [0.25, 0.3) is 0 Å². The van der Waals surface area contributed by atoms with Crippen molar-refractivity contribution in [1.29, 1.82) is 0 Å². The number of para-hydroxylation sites is 1. The molecule has 0 spiro atoms. The molecule has 2 heteroatoms. The minimum Gasteiger partial charge on any atom is -0.456 e. The number of rotatable bonds is 5. The molecule has 0 fully saturated rings. The number of ether oxygens (including phenoxy) is 1. The zero-order valence-corrected chi connectivity index (χ0v) is 31.9. The van der Waals surface area contributed by atoms with Crippen LogP contribution in [0.1, 0.15) is 25.0 Å². The molecule has 0 unspecified atom stereocenters. The highest BCUT2D eigenvalue weighted by atomic mass is 16.5. The molecule has 57 heavy (non-hydrogen) atoms. The maximum absolute atomic E-state index is 6.96. The lowest BCUT2D eigenvalue weighted by atomic mass is 9.82. The maximum Gasteiger partial charge on any atom is 0.137 e. The summed E-state index contributed by atoms with van der Waals surface area (Å²) < 4.78 is 6.96. The molecule has 1 heterocycles. The summed E-state index contributed by atoms with van der Waals surface area (Å²) in [5.41, 5.74) is 17.6. The highest BCUT2D eigenvalue weighted by Gasteiger charge is 2.36. The number of anilines is 3. The summed E-state index contributed by atoms with van der Waals surface area (Å²) in [6.45, 7) is 4.70. The van der Waals surface area contributed by atoms with Gasteiger partial charge in [0.2, 0.25) is 0 Å². The Labute approximate surface area is 333 Å². The average molecular weight is 730 g/mol. The molecule has 0 bridgehead atoms. The van der Waals surface area contributed by atoms with Gasteiger partial charge in [0.1, 0.15) is 11.5 Å². The van der Waals surface area contributed by atoms with Crippen molar-refractivity contribution in [2.24, 2.45) is 0 Å². The Morgan fingerprint density at radius 3 is 1.88 bits per heavy atom. The number of hydrogen-bond acceptors (Lipinski definition) is 2. The summed E-state index contributed by atoms with van der Waals surface area (Å²) in [4.78, 5) is 2.43. The van der Waals surface area contributed by atoms with Gasteiger partial charge in [-0.15, -0.1) is 0 Å². The van der Waals surface area contributed by atoms with Crippen LogP contribution in [0.3, 0.4) is 0 Å². The van der Waals surface area contributed by atoms with Crippen LogP contribution in [0.25, 0.3) is 66.4 Å². The van der Waals surface area contributed by atoms with E-state index in [1.807, 2.05) is 0 Å². The highest BCUT2D eigenvalue weighted by molar-refractivity contribution is 6.03. The van der Waals surface area contributed by atoms with Crippen molar-refractivity contribution >= 4 is 27.8 Å². The molecule has 0 N–H and O–H groups in total. The van der Waals surface area contributed by atoms with Crippen LogP contribution in [0.5, 0.6) is 11.5 Å². The number of nitrogens with zero attached hydrogens (tertiary/aromatic N) is 1. The second kappa shape index (κ2) is 13.0. The fourth-order valence-electron chi connectivity index (χ4n) is 9.28. The maximum atomic E-state index is 6.96. The second-order valence-electron chi connectivity index (χ2n) is 15.7. The fraction of sp³-hybridized carbons (Fsp3) is 0.0545. The summed E-state index contributed by atoms with van der Waals surface area (Å²) in [6.07, 6.45) is 0. The molecule has 0 amide bonds. The first-order chi connectivity index (χ1) is 28.0. The topological polar surface area (TPSA) is 12.5 Å². The van der Waals surface area contributed by atoms with Crippen molar-refractivity contribution in [3.05, 3.63) is 211 Å². The van der Waals surface area contributed by atoms with Crippen molar-refractivity contribution in [2.75, 3.05) is 4.90 Å². The lowest BCUT2D eigenvalue weighted by Crippen LogP contribution is -2.17. The summed E-state index contributed by atoms with van der Waals surface area (Å²) >= 11 is 0. The summed E-state index contributed by atoms with van der Waals surface area (Å²) in [6, 6.07) is 72.6. The Kier molecular flexibility index (Phi) is 7.55. The van der Waals surface area contributed by atoms with Crippen LogP contribution in [0.2, 0.25) is 0 Å². The van der Waals surface area contributed by atoms with E-state index in [4.69, 9.17) is 4.74 Å². The molecule has 270 valence electrons. The predicted octanol–water partition coefficient (Wildman–Crippen LogP) is 15.4. The molecule has 1 aliphatic carbocycles. The van der Waals surface area contributed by atoms with E-state index in [9.17, 15) is 0 Å². The molecule has 2 nitrogen and oxygen atoms in total. The van der Waals surface area contributed by atoms with Gasteiger partial charge >= 0.3 is 0 Å². The Bertz CT molecular complexity index is 3010. The molecule has 0 atom stereocenters. The van der Waals surface area contributed by atoms with Crippen molar-refractivity contribution < 1.29 is 4.74 Å². The number of fused-ring (bicyclic) bond motifs is 9. The van der Waals surface area contributed by atoms with Gasteiger partial charge in [0, 0.05) is 27.9 Å². The van der Waals surface area contributed by atoms with Gasteiger partial charge in [-0.3, -0.25) is 0 Å². The standard InChI is InChI=1S/C55H39NO/c1-55(2)49-22-10-8-19-44(49)45-33-31-41(35-50(45)55)56(40-29-26-37(27-30-40)36-14-4-3-5-15-36)51-23-13-25-53-54(51)47-32-28-39(34-48(47)46-20-9-11-24-52(46)57-53)43-21-12-17-38-16-6-7-18-42(38)43/h3-35H,1-2H3. The van der Waals surface area contributed by atoms with Gasteiger partial charge in [-0.25, -0.2) is 0 Å². The Balaban J connectivity index is 1.14. The van der Waals surface area contributed by atoms with Crippen LogP contribution in [0, 0.1) is 0 Å². The SMILES string of the molecule is CC1(C)c2ccccc2-c2ccc(N(c3ccc(-c4ccccc4)cc3)c3cccc4c3-c3ccc(-c5cccc6ccccc56)cc3-c3ccccc3O4)cc21. The van der Waals surface area contributed by atoms with E-state index in [1.54, 1.807) is 0 Å². The van der Waals surface area contributed by atoms with Crippen molar-refractivity contribution in [3.8, 4) is 67.1 Å². The van der Waals surface area contributed by atoms with E-state index in [1.165, 1.54) is 55.3 Å². The molecule has 0 aromatic heterocycles. The van der Waals surface area contributed by atoms with Gasteiger partial charge in [-0.2, -0.15) is 0 Å². The smallest absolute Gasteiger partial charge is 0.137 e. The minimum atomic E-state index is -0.145. The Morgan fingerprint density at radius 1 is 0.386 bits per heavy atom. The third-order valence-corrected chi connectivity index (χ3v) is 12.1. The normalized spacial score (nSPS) is 13.0. The molecule has 2 aliphatic rings. The molecule has 11 rings (SSSR count). The lowest BCUT2D eigenvalue weighted by Gasteiger charge is -2.30. The molecule has 0 saturated heterocycles. The van der Waals surface area contributed by atoms with E-state index >= 15 is 0 Å². The van der Waals surface area contributed by atoms with Gasteiger partial charge < -0.3 is 9.64 Å². The summed E-state index contributed by atoms with van der Waals surface area (Å²) in [7, 11) is 0. The molecule has 0 radical (unpaired) electrons. The van der Waals surface area contributed by atoms with E-state index < -0.39 is 0 Å². The van der Waals surface area contributed by atoms with E-state index in [2.05, 4.69) is 219 Å². The molecule has 1 aliphatic heterocycles. The van der Waals surface area contributed by atoms with Crippen LogP contribution in [0.4, 0.5) is 17.1 Å². The van der Waals surface area contributed by atoms with Crippen LogP contribution in [-0.4, -0.2) is 0 Å². The van der Waals surface area contributed by atoms with E-state index in [0.717, 1.165) is 50.8 Å². The first-order valence-corrected chi connectivity index (χ1v) is 19.8. The monoisotopic (exact) mass is 729 g/mol. The third kappa shape index (κ3) is 5.33. The van der Waals surface area contributed by atoms with Gasteiger partial charge in [0.15, 0.2) is 0 Å². The number of hydrogen-bond donors (Lipinski definition) is 0. The Hall–Kier alpha value is -7.16. The van der Waals surface area contributed by atoms with Crippen molar-refractivity contribution in [3.63, 3.8) is 0 Å². The fourth-order valence-corrected chi connectivity index (χ4v) is 9.28. The summed E-state index contributed by atoms with van der Waals surface area (Å²) in [5, 5.41) is 2.47.